The van der Waals surface area contributed by atoms with Gasteiger partial charge in [-0.3, -0.25) is 19.2 Å². The van der Waals surface area contributed by atoms with Gasteiger partial charge in [0.2, 0.25) is 5.88 Å². The second-order valence-corrected chi connectivity index (χ2v) is 10.3. The van der Waals surface area contributed by atoms with Crippen LogP contribution in [0.15, 0.2) is 23.9 Å². The maximum atomic E-state index is 13.8. The van der Waals surface area contributed by atoms with Gasteiger partial charge in [0, 0.05) is 43.9 Å². The summed E-state index contributed by atoms with van der Waals surface area (Å²) in [6, 6.07) is 3.43. The molecule has 2 N–H and O–H groups in total. The number of nitrogens with zero attached hydrogens (tertiary/aromatic N) is 5. The number of carbonyl (C=O) groups is 2. The summed E-state index contributed by atoms with van der Waals surface area (Å²) in [5.74, 6) is 0.321. The second kappa shape index (κ2) is 9.72. The fraction of sp³-hybridized carbons (Fsp3) is 0.577. The monoisotopic (exact) mass is 496 g/mol. The lowest BCUT2D eigenvalue weighted by atomic mass is 9.62. The van der Waals surface area contributed by atoms with Crippen LogP contribution in [-0.2, 0) is 16.6 Å². The van der Waals surface area contributed by atoms with Crippen molar-refractivity contribution >= 4 is 17.3 Å². The van der Waals surface area contributed by atoms with Gasteiger partial charge >= 0.3 is 0 Å². The number of aryl methyl sites for hydroxylation is 1. The standard InChI is InChI=1S/C26H33FN6O3/c1-32-14-16(27)12-17(32)15-36-22-13-20(19-8-11-33(2)31-19)29-25(30-22)23(28)18-6-5-10-26(24(18)35)9-4-3-7-21(26)34/h8,11,13,16-17H,3-7,9-10,12,14-15,28H2,1-2H3/b23-18-/t16-,17-,26+/m0/s1. The number of likely N-dealkylation sites (N-methyl/N-ethyl adjacent to an activating group) is 1. The van der Waals surface area contributed by atoms with Crippen LogP contribution in [0.1, 0.15) is 57.2 Å². The van der Waals surface area contributed by atoms with E-state index in [0.717, 1.165) is 19.3 Å². The number of alkyl halides is 1. The third kappa shape index (κ3) is 4.54. The molecule has 0 unspecified atom stereocenters. The number of hydrogen-bond acceptors (Lipinski definition) is 8. The summed E-state index contributed by atoms with van der Waals surface area (Å²) in [6.07, 6.45) is 5.83. The van der Waals surface area contributed by atoms with Gasteiger partial charge in [0.25, 0.3) is 0 Å². The third-order valence-electron chi connectivity index (χ3n) is 7.84. The Kier molecular flexibility index (Phi) is 6.63. The van der Waals surface area contributed by atoms with Crippen molar-refractivity contribution in [2.24, 2.45) is 18.2 Å². The van der Waals surface area contributed by atoms with E-state index in [1.165, 1.54) is 0 Å². The average molecular weight is 497 g/mol. The minimum absolute atomic E-state index is 0.0303. The number of Topliss-reactive ketones (excluding diaryl/α,β-unsaturated/α-hetero) is 2. The molecule has 2 saturated carbocycles. The van der Waals surface area contributed by atoms with E-state index in [2.05, 4.69) is 15.1 Å². The van der Waals surface area contributed by atoms with Gasteiger partial charge in [0.1, 0.15) is 24.3 Å². The quantitative estimate of drug-likeness (QED) is 0.496. The first-order valence-electron chi connectivity index (χ1n) is 12.7. The number of nitrogens with two attached hydrogens (primary N) is 1. The molecule has 0 radical (unpaired) electrons. The minimum atomic E-state index is -0.954. The third-order valence-corrected chi connectivity index (χ3v) is 7.84. The Morgan fingerprint density at radius 3 is 2.67 bits per heavy atom. The molecule has 1 spiro atoms. The van der Waals surface area contributed by atoms with Crippen LogP contribution in [0, 0.1) is 5.41 Å². The van der Waals surface area contributed by atoms with E-state index < -0.39 is 11.6 Å². The number of allylic oxidation sites excluding steroid dienone is 1. The van der Waals surface area contributed by atoms with Gasteiger partial charge in [0.05, 0.1) is 16.8 Å². The number of likely N-dealkylation sites (tertiary alicyclic amines) is 1. The van der Waals surface area contributed by atoms with Crippen molar-refractivity contribution < 1.29 is 18.7 Å². The summed E-state index contributed by atoms with van der Waals surface area (Å²) in [6.45, 7) is 0.645. The summed E-state index contributed by atoms with van der Waals surface area (Å²) in [5, 5.41) is 4.43. The number of rotatable bonds is 5. The zero-order valence-electron chi connectivity index (χ0n) is 20.9. The minimum Gasteiger partial charge on any atom is -0.476 e. The lowest BCUT2D eigenvalue weighted by molar-refractivity contribution is -0.143. The first kappa shape index (κ1) is 24.5. The number of carbonyl (C=O) groups excluding carboxylic acids is 2. The van der Waals surface area contributed by atoms with Crippen molar-refractivity contribution in [2.45, 2.75) is 63.6 Å². The molecule has 1 aliphatic heterocycles. The highest BCUT2D eigenvalue weighted by Crippen LogP contribution is 2.45. The summed E-state index contributed by atoms with van der Waals surface area (Å²) in [4.78, 5) is 37.6. The molecular weight excluding hydrogens is 463 g/mol. The lowest BCUT2D eigenvalue weighted by Crippen LogP contribution is -2.45. The summed E-state index contributed by atoms with van der Waals surface area (Å²) in [5.41, 5.74) is 7.33. The second-order valence-electron chi connectivity index (χ2n) is 10.3. The fourth-order valence-corrected chi connectivity index (χ4v) is 5.76. The molecule has 2 aromatic heterocycles. The normalized spacial score (nSPS) is 28.6. The van der Waals surface area contributed by atoms with Gasteiger partial charge in [-0.15, -0.1) is 0 Å². The zero-order chi connectivity index (χ0) is 25.4. The molecular formula is C26H33FN6O3. The largest absolute Gasteiger partial charge is 0.476 e. The Labute approximate surface area is 209 Å². The predicted octanol–water partition coefficient (Wildman–Crippen LogP) is 2.85. The summed E-state index contributed by atoms with van der Waals surface area (Å²) < 4.78 is 21.5. The van der Waals surface area contributed by atoms with Crippen LogP contribution in [0.5, 0.6) is 5.88 Å². The number of halogens is 1. The van der Waals surface area contributed by atoms with Gasteiger partial charge in [-0.05, 0) is 51.6 Å². The molecule has 9 nitrogen and oxygen atoms in total. The lowest BCUT2D eigenvalue weighted by Gasteiger charge is -2.38. The van der Waals surface area contributed by atoms with Crippen molar-refractivity contribution in [2.75, 3.05) is 20.2 Å². The molecule has 36 heavy (non-hydrogen) atoms. The zero-order valence-corrected chi connectivity index (χ0v) is 20.9. The molecule has 3 aliphatic rings. The van der Waals surface area contributed by atoms with Crippen LogP contribution >= 0.6 is 0 Å². The molecule has 2 aliphatic carbocycles. The number of aromatic nitrogens is 4. The van der Waals surface area contributed by atoms with Crippen molar-refractivity contribution in [1.82, 2.24) is 24.6 Å². The Morgan fingerprint density at radius 1 is 1.17 bits per heavy atom. The van der Waals surface area contributed by atoms with Gasteiger partial charge < -0.3 is 10.5 Å². The maximum Gasteiger partial charge on any atom is 0.217 e. The van der Waals surface area contributed by atoms with E-state index in [4.69, 9.17) is 10.5 Å². The average Bonchev–Trinajstić information content (AvgIpc) is 3.44. The summed E-state index contributed by atoms with van der Waals surface area (Å²) in [7, 11) is 3.68. The highest BCUT2D eigenvalue weighted by Gasteiger charge is 2.49. The van der Waals surface area contributed by atoms with E-state index in [-0.39, 0.29) is 41.6 Å². The Bertz CT molecular complexity index is 1210. The highest BCUT2D eigenvalue weighted by atomic mass is 19.1. The van der Waals surface area contributed by atoms with E-state index in [1.54, 1.807) is 16.9 Å². The van der Waals surface area contributed by atoms with Crippen LogP contribution in [0.25, 0.3) is 17.1 Å². The predicted molar refractivity (Wildman–Crippen MR) is 132 cm³/mol. The molecule has 10 heteroatoms. The molecule has 2 aromatic rings. The number of ether oxygens (including phenoxy) is 1. The molecule has 0 amide bonds. The Hall–Kier alpha value is -3.14. The molecule has 192 valence electrons. The highest BCUT2D eigenvalue weighted by molar-refractivity contribution is 6.17. The number of ketones is 2. The Morgan fingerprint density at radius 2 is 1.97 bits per heavy atom. The Balaban J connectivity index is 1.50. The van der Waals surface area contributed by atoms with Crippen molar-refractivity contribution in [1.29, 1.82) is 0 Å². The smallest absolute Gasteiger partial charge is 0.217 e. The summed E-state index contributed by atoms with van der Waals surface area (Å²) >= 11 is 0. The molecule has 5 rings (SSSR count). The van der Waals surface area contributed by atoms with E-state index in [9.17, 15) is 14.0 Å². The van der Waals surface area contributed by atoms with Gasteiger partial charge in [0.15, 0.2) is 11.6 Å². The van der Waals surface area contributed by atoms with Crippen LogP contribution in [0.3, 0.4) is 0 Å². The van der Waals surface area contributed by atoms with Crippen LogP contribution < -0.4 is 10.5 Å². The maximum absolute atomic E-state index is 13.8. The molecule has 3 atom stereocenters. The van der Waals surface area contributed by atoms with Crippen LogP contribution in [0.2, 0.25) is 0 Å². The first-order chi connectivity index (χ1) is 17.3. The van der Waals surface area contributed by atoms with Gasteiger partial charge in [-0.2, -0.15) is 10.1 Å². The molecule has 0 aromatic carbocycles. The first-order valence-corrected chi connectivity index (χ1v) is 12.7. The van der Waals surface area contributed by atoms with E-state index >= 15 is 0 Å². The van der Waals surface area contributed by atoms with Gasteiger partial charge in [-0.25, -0.2) is 9.37 Å². The molecule has 0 bridgehead atoms. The molecule has 1 saturated heterocycles. The topological polar surface area (TPSA) is 116 Å². The van der Waals surface area contributed by atoms with Crippen LogP contribution in [-0.4, -0.2) is 68.6 Å². The van der Waals surface area contributed by atoms with Crippen molar-refractivity contribution in [3.05, 3.63) is 29.7 Å². The van der Waals surface area contributed by atoms with E-state index in [0.29, 0.717) is 55.6 Å². The molecule has 3 fully saturated rings. The van der Waals surface area contributed by atoms with Gasteiger partial charge in [-0.1, -0.05) is 6.42 Å². The number of hydrogen-bond donors (Lipinski definition) is 1. The van der Waals surface area contributed by atoms with Crippen LogP contribution in [0.4, 0.5) is 4.39 Å². The van der Waals surface area contributed by atoms with Crippen molar-refractivity contribution in [3.8, 4) is 17.3 Å². The molecule has 3 heterocycles. The SMILES string of the molecule is CN1C[C@@H](F)C[C@H]1COc1cc(-c2ccn(C)n2)nc(/C(N)=C2\CCC[C@@]3(CCCCC3=O)C2=O)n1. The van der Waals surface area contributed by atoms with Crippen molar-refractivity contribution in [3.63, 3.8) is 0 Å². The fourth-order valence-electron chi connectivity index (χ4n) is 5.76. The van der Waals surface area contributed by atoms with E-state index in [1.807, 2.05) is 25.1 Å².